The standard InChI is InChI=1S/C23H32N2O5S/c1-2-3-11-24-12-8-10-23-18(17-16(31-23)9-4-7-15-30-22(17)29)20(27)25(13-5-6-14-26)19(23)21(24)28/h4,8-10,16-19,26H,2-3,5-7,11-15H2,1H3/t16-,17+,18-,19?,23-/m0/s1. The molecule has 2 saturated heterocycles. The molecule has 4 aliphatic rings. The number of rotatable bonds is 7. The molecule has 1 spiro atoms. The molecular weight excluding hydrogens is 416 g/mol. The quantitative estimate of drug-likeness (QED) is 0.363. The molecule has 2 fully saturated rings. The van der Waals surface area contributed by atoms with Crippen molar-refractivity contribution in [2.45, 2.75) is 55.1 Å². The summed E-state index contributed by atoms with van der Waals surface area (Å²) in [6.07, 6.45) is 11.8. The highest BCUT2D eigenvalue weighted by molar-refractivity contribution is 8.02. The number of amides is 2. The van der Waals surface area contributed by atoms with E-state index in [1.165, 1.54) is 0 Å². The fraction of sp³-hybridized carbons (Fsp3) is 0.696. The number of carbonyl (C=O) groups excluding carboxylic acids is 3. The van der Waals surface area contributed by atoms with Crippen LogP contribution < -0.4 is 0 Å². The Bertz CT molecular complexity index is 784. The maximum Gasteiger partial charge on any atom is 0.311 e. The molecule has 7 nitrogen and oxygen atoms in total. The maximum atomic E-state index is 13.8. The van der Waals surface area contributed by atoms with E-state index in [1.54, 1.807) is 16.7 Å². The van der Waals surface area contributed by atoms with Crippen molar-refractivity contribution in [1.29, 1.82) is 0 Å². The summed E-state index contributed by atoms with van der Waals surface area (Å²) in [4.78, 5) is 44.0. The number of hydrogen-bond donors (Lipinski definition) is 1. The Labute approximate surface area is 187 Å². The second-order valence-electron chi connectivity index (χ2n) is 8.73. The van der Waals surface area contributed by atoms with Gasteiger partial charge in [-0.15, -0.1) is 11.8 Å². The van der Waals surface area contributed by atoms with Crippen molar-refractivity contribution < 1.29 is 24.2 Å². The number of fused-ring (bicyclic) bond motifs is 2. The number of unbranched alkanes of at least 4 members (excludes halogenated alkanes) is 2. The lowest BCUT2D eigenvalue weighted by molar-refractivity contribution is -0.153. The van der Waals surface area contributed by atoms with Gasteiger partial charge in [0.1, 0.15) is 6.04 Å². The number of esters is 1. The fourth-order valence-corrected chi connectivity index (χ4v) is 7.34. The van der Waals surface area contributed by atoms with Crippen LogP contribution in [0.4, 0.5) is 0 Å². The number of thioether (sulfide) groups is 1. The van der Waals surface area contributed by atoms with E-state index in [1.807, 2.05) is 29.2 Å². The lowest BCUT2D eigenvalue weighted by Crippen LogP contribution is -2.53. The van der Waals surface area contributed by atoms with Crippen LogP contribution in [0.3, 0.4) is 0 Å². The molecule has 4 rings (SSSR count). The number of likely N-dealkylation sites (tertiary alicyclic amines) is 1. The molecule has 0 aliphatic carbocycles. The highest BCUT2D eigenvalue weighted by atomic mass is 32.2. The van der Waals surface area contributed by atoms with Crippen LogP contribution in [0.25, 0.3) is 0 Å². The number of aliphatic hydroxyl groups excluding tert-OH is 1. The predicted molar refractivity (Wildman–Crippen MR) is 118 cm³/mol. The van der Waals surface area contributed by atoms with Gasteiger partial charge in [0.2, 0.25) is 11.8 Å². The van der Waals surface area contributed by atoms with E-state index in [4.69, 9.17) is 4.74 Å². The van der Waals surface area contributed by atoms with E-state index in [0.717, 1.165) is 12.8 Å². The molecule has 0 aromatic rings. The Balaban J connectivity index is 1.75. The summed E-state index contributed by atoms with van der Waals surface area (Å²) in [7, 11) is 0. The summed E-state index contributed by atoms with van der Waals surface area (Å²) >= 11 is 1.58. The first-order valence-corrected chi connectivity index (χ1v) is 12.3. The van der Waals surface area contributed by atoms with Gasteiger partial charge >= 0.3 is 5.97 Å². The maximum absolute atomic E-state index is 13.8. The first-order valence-electron chi connectivity index (χ1n) is 11.4. The molecule has 170 valence electrons. The van der Waals surface area contributed by atoms with Crippen LogP contribution in [0.2, 0.25) is 0 Å². The number of aliphatic hydroxyl groups is 1. The molecule has 31 heavy (non-hydrogen) atoms. The summed E-state index contributed by atoms with van der Waals surface area (Å²) in [5.74, 6) is -1.69. The van der Waals surface area contributed by atoms with E-state index >= 15 is 0 Å². The predicted octanol–water partition coefficient (Wildman–Crippen LogP) is 1.76. The van der Waals surface area contributed by atoms with Gasteiger partial charge in [-0.3, -0.25) is 14.4 Å². The molecule has 5 atom stereocenters. The number of cyclic esters (lactones) is 1. The average Bonchev–Trinajstić information content (AvgIpc) is 3.12. The third kappa shape index (κ3) is 3.82. The van der Waals surface area contributed by atoms with Crippen LogP contribution in [-0.2, 0) is 19.1 Å². The Hall–Kier alpha value is -1.80. The molecule has 4 heterocycles. The molecule has 2 amide bonds. The zero-order valence-electron chi connectivity index (χ0n) is 18.1. The monoisotopic (exact) mass is 448 g/mol. The summed E-state index contributed by atoms with van der Waals surface area (Å²) in [6.45, 7) is 4.06. The smallest absolute Gasteiger partial charge is 0.311 e. The number of ether oxygens (including phenoxy) is 1. The molecule has 0 bridgehead atoms. The van der Waals surface area contributed by atoms with Gasteiger partial charge in [-0.1, -0.05) is 37.6 Å². The highest BCUT2D eigenvalue weighted by Crippen LogP contribution is 2.60. The third-order valence-electron chi connectivity index (χ3n) is 6.79. The van der Waals surface area contributed by atoms with Gasteiger partial charge in [-0.25, -0.2) is 0 Å². The topological polar surface area (TPSA) is 87.2 Å². The van der Waals surface area contributed by atoms with Crippen molar-refractivity contribution in [1.82, 2.24) is 9.80 Å². The Morgan fingerprint density at radius 2 is 2.00 bits per heavy atom. The zero-order chi connectivity index (χ0) is 22.0. The molecule has 1 N–H and O–H groups in total. The fourth-order valence-electron chi connectivity index (χ4n) is 5.34. The largest absolute Gasteiger partial charge is 0.465 e. The lowest BCUT2D eigenvalue weighted by atomic mass is 9.78. The van der Waals surface area contributed by atoms with Crippen molar-refractivity contribution in [2.75, 3.05) is 32.8 Å². The van der Waals surface area contributed by atoms with Crippen molar-refractivity contribution in [3.8, 4) is 0 Å². The van der Waals surface area contributed by atoms with E-state index in [9.17, 15) is 19.5 Å². The summed E-state index contributed by atoms with van der Waals surface area (Å²) in [6, 6.07) is -0.626. The normalized spacial score (nSPS) is 34.7. The third-order valence-corrected chi connectivity index (χ3v) is 8.54. The van der Waals surface area contributed by atoms with E-state index < -0.39 is 22.6 Å². The van der Waals surface area contributed by atoms with Crippen LogP contribution >= 0.6 is 11.8 Å². The number of carbonyl (C=O) groups is 3. The summed E-state index contributed by atoms with van der Waals surface area (Å²) < 4.78 is 4.70. The number of nitrogens with zero attached hydrogens (tertiary/aromatic N) is 2. The Morgan fingerprint density at radius 1 is 1.16 bits per heavy atom. The first kappa shape index (κ1) is 22.4. The lowest BCUT2D eigenvalue weighted by Gasteiger charge is -2.35. The van der Waals surface area contributed by atoms with Gasteiger partial charge in [-0.2, -0.15) is 0 Å². The molecule has 0 aromatic carbocycles. The number of hydrogen-bond acceptors (Lipinski definition) is 6. The van der Waals surface area contributed by atoms with Crippen LogP contribution in [0.1, 0.15) is 39.0 Å². The van der Waals surface area contributed by atoms with Crippen molar-refractivity contribution in [3.63, 3.8) is 0 Å². The van der Waals surface area contributed by atoms with E-state index in [-0.39, 0.29) is 29.6 Å². The molecule has 1 unspecified atom stereocenters. The SMILES string of the molecule is CCCCN1CC=C[C@]23S[C@H]4C=CCCOC(=O)[C@H]4[C@H]2C(=O)N(CCCCO)C3C1=O. The first-order chi connectivity index (χ1) is 15.0. The molecule has 4 aliphatic heterocycles. The van der Waals surface area contributed by atoms with Gasteiger partial charge in [0.15, 0.2) is 0 Å². The van der Waals surface area contributed by atoms with Crippen molar-refractivity contribution in [2.24, 2.45) is 11.8 Å². The van der Waals surface area contributed by atoms with Gasteiger partial charge in [0, 0.05) is 31.5 Å². The van der Waals surface area contributed by atoms with Crippen LogP contribution in [0.5, 0.6) is 0 Å². The second kappa shape index (κ2) is 9.36. The zero-order valence-corrected chi connectivity index (χ0v) is 18.9. The minimum Gasteiger partial charge on any atom is -0.465 e. The minimum atomic E-state index is -0.766. The van der Waals surface area contributed by atoms with Gasteiger partial charge in [0.05, 0.1) is 23.2 Å². The van der Waals surface area contributed by atoms with E-state index in [0.29, 0.717) is 45.5 Å². The van der Waals surface area contributed by atoms with Crippen molar-refractivity contribution in [3.05, 3.63) is 24.3 Å². The second-order valence-corrected chi connectivity index (χ2v) is 10.2. The molecule has 0 aromatic heterocycles. The van der Waals surface area contributed by atoms with Crippen LogP contribution in [-0.4, -0.2) is 81.6 Å². The molecule has 0 radical (unpaired) electrons. The van der Waals surface area contributed by atoms with Gasteiger partial charge in [-0.05, 0) is 25.7 Å². The summed E-state index contributed by atoms with van der Waals surface area (Å²) in [5.41, 5.74) is 0. The highest BCUT2D eigenvalue weighted by Gasteiger charge is 2.70. The average molecular weight is 449 g/mol. The summed E-state index contributed by atoms with van der Waals surface area (Å²) in [5, 5.41) is 9.04. The molecule has 8 heteroatoms. The minimum absolute atomic E-state index is 0.0302. The molecule has 0 saturated carbocycles. The van der Waals surface area contributed by atoms with Gasteiger partial charge < -0.3 is 19.6 Å². The Kier molecular flexibility index (Phi) is 6.77. The van der Waals surface area contributed by atoms with Crippen molar-refractivity contribution >= 4 is 29.5 Å². The van der Waals surface area contributed by atoms with E-state index in [2.05, 4.69) is 6.92 Å². The molecular formula is C23H32N2O5S. The van der Waals surface area contributed by atoms with Crippen LogP contribution in [0.15, 0.2) is 24.3 Å². The Morgan fingerprint density at radius 3 is 2.77 bits per heavy atom. The van der Waals surface area contributed by atoms with Crippen LogP contribution in [0, 0.1) is 11.8 Å². The van der Waals surface area contributed by atoms with Gasteiger partial charge in [0.25, 0.3) is 0 Å².